The summed E-state index contributed by atoms with van der Waals surface area (Å²) in [6.45, 7) is 10.3. The summed E-state index contributed by atoms with van der Waals surface area (Å²) >= 11 is 6.36. The molecule has 0 aliphatic carbocycles. The zero-order valence-corrected chi connectivity index (χ0v) is 18.0. The van der Waals surface area contributed by atoms with E-state index in [4.69, 9.17) is 25.3 Å². The number of hydrogen-bond acceptors (Lipinski definition) is 3. The minimum atomic E-state index is -2.59. The van der Waals surface area contributed by atoms with Crippen LogP contribution >= 0.6 is 18.9 Å². The maximum absolute atomic E-state index is 6.65. The van der Waals surface area contributed by atoms with Gasteiger partial charge in [0.1, 0.15) is 11.5 Å². The van der Waals surface area contributed by atoms with Crippen LogP contribution in [0.1, 0.15) is 32.1 Å². The number of hydrogen-bond donors (Lipinski definition) is 0. The van der Waals surface area contributed by atoms with Crippen LogP contribution in [0.25, 0.3) is 0 Å². The van der Waals surface area contributed by atoms with E-state index in [1.165, 1.54) is 0 Å². The zero-order valence-electron chi connectivity index (χ0n) is 16.4. The largest absolute Gasteiger partial charge is 0.457 e. The van der Waals surface area contributed by atoms with Crippen LogP contribution in [0.4, 0.5) is 5.69 Å². The predicted octanol–water partition coefficient (Wildman–Crippen LogP) is 7.50. The van der Waals surface area contributed by atoms with Gasteiger partial charge < -0.3 is 8.94 Å². The molecule has 0 N–H and O–H groups in total. The second-order valence-electron chi connectivity index (χ2n) is 7.57. The van der Waals surface area contributed by atoms with Crippen molar-refractivity contribution in [2.45, 2.75) is 39.8 Å². The molecule has 0 saturated heterocycles. The molecule has 3 nitrogen and oxygen atoms in total. The van der Waals surface area contributed by atoms with E-state index in [2.05, 4.69) is 20.8 Å². The molecule has 1 atom stereocenters. The lowest BCUT2D eigenvalue weighted by Gasteiger charge is -2.35. The van der Waals surface area contributed by atoms with Crippen LogP contribution in [0.15, 0.2) is 69.8 Å². The highest BCUT2D eigenvalue weighted by molar-refractivity contribution is 7.70. The van der Waals surface area contributed by atoms with Crippen LogP contribution in [0, 0.1) is 13.8 Å². The van der Waals surface area contributed by atoms with Crippen molar-refractivity contribution in [2.75, 3.05) is 0 Å². The Bertz CT molecular complexity index is 987. The Morgan fingerprint density at radius 1 is 0.963 bits per heavy atom. The van der Waals surface area contributed by atoms with Crippen molar-refractivity contribution in [3.05, 3.63) is 77.0 Å². The number of furan rings is 1. The lowest BCUT2D eigenvalue weighted by atomic mass is 10.2. The van der Waals surface area contributed by atoms with Gasteiger partial charge in [-0.05, 0) is 55.8 Å². The fourth-order valence-electron chi connectivity index (χ4n) is 2.76. The van der Waals surface area contributed by atoms with E-state index in [9.17, 15) is 0 Å². The lowest BCUT2D eigenvalue weighted by molar-refractivity contribution is 0.527. The van der Waals surface area contributed by atoms with Gasteiger partial charge in [0.15, 0.2) is 5.50 Å². The summed E-state index contributed by atoms with van der Waals surface area (Å²) in [7, 11) is -2.59. The monoisotopic (exact) mass is 401 g/mol. The summed E-state index contributed by atoms with van der Waals surface area (Å²) in [5.74, 6) is 1.61. The van der Waals surface area contributed by atoms with Crippen molar-refractivity contribution in [2.24, 2.45) is 4.74 Å². The van der Waals surface area contributed by atoms with E-state index in [1.807, 2.05) is 74.5 Å². The van der Waals surface area contributed by atoms with Crippen molar-refractivity contribution in [3.63, 3.8) is 0 Å². The molecule has 0 aliphatic heterocycles. The molecule has 1 unspecified atom stereocenters. The summed E-state index contributed by atoms with van der Waals surface area (Å²) in [4.78, 5) is 0. The predicted molar refractivity (Wildman–Crippen MR) is 115 cm³/mol. The van der Waals surface area contributed by atoms with Crippen LogP contribution in [0.2, 0.25) is 5.02 Å². The van der Waals surface area contributed by atoms with Crippen molar-refractivity contribution in [1.29, 1.82) is 0 Å². The van der Waals surface area contributed by atoms with Crippen LogP contribution in [-0.2, 0) is 0 Å². The van der Waals surface area contributed by atoms with Gasteiger partial charge in [-0.1, -0.05) is 56.6 Å². The standard InChI is InChI=1S/C22H25ClNO2P/c1-16-11-13-18(15-20(16)23)24-27(22(3,4)5,21-14-12-17(2)25-21)26-19-9-7-6-8-10-19/h6-15H,1-5H3. The van der Waals surface area contributed by atoms with Gasteiger partial charge in [0, 0.05) is 10.2 Å². The van der Waals surface area contributed by atoms with E-state index in [0.717, 1.165) is 28.3 Å². The number of nitrogens with zero attached hydrogens (tertiary/aromatic N) is 1. The van der Waals surface area contributed by atoms with Crippen molar-refractivity contribution in [3.8, 4) is 5.75 Å². The molecule has 3 aromatic rings. The summed E-state index contributed by atoms with van der Waals surface area (Å²) in [6, 6.07) is 19.6. The average molecular weight is 402 g/mol. The summed E-state index contributed by atoms with van der Waals surface area (Å²) in [6.07, 6.45) is 0. The Balaban J connectivity index is 2.28. The van der Waals surface area contributed by atoms with Crippen molar-refractivity contribution in [1.82, 2.24) is 0 Å². The third-order valence-corrected chi connectivity index (χ3v) is 8.38. The minimum Gasteiger partial charge on any atom is -0.457 e. The molecule has 2 aromatic carbocycles. The molecular formula is C22H25ClNO2P. The summed E-state index contributed by atoms with van der Waals surface area (Å²) < 4.78 is 17.9. The van der Waals surface area contributed by atoms with Gasteiger partial charge in [0.05, 0.1) is 5.69 Å². The molecule has 5 heteroatoms. The molecule has 142 valence electrons. The number of aryl methyl sites for hydroxylation is 2. The highest BCUT2D eigenvalue weighted by atomic mass is 35.5. The molecule has 0 radical (unpaired) electrons. The molecule has 1 heterocycles. The van der Waals surface area contributed by atoms with E-state index < -0.39 is 7.28 Å². The summed E-state index contributed by atoms with van der Waals surface area (Å²) in [5, 5.41) is 0.406. The van der Waals surface area contributed by atoms with E-state index in [0.29, 0.717) is 5.02 Å². The number of halogens is 1. The first-order chi connectivity index (χ1) is 12.7. The lowest BCUT2D eigenvalue weighted by Crippen LogP contribution is -2.26. The number of rotatable bonds is 4. The maximum Gasteiger partial charge on any atom is 0.207 e. The van der Waals surface area contributed by atoms with E-state index in [-0.39, 0.29) is 5.16 Å². The molecule has 0 aliphatic rings. The van der Waals surface area contributed by atoms with Gasteiger partial charge in [-0.25, -0.2) is 4.74 Å². The van der Waals surface area contributed by atoms with Gasteiger partial charge in [0.25, 0.3) is 0 Å². The highest BCUT2D eigenvalue weighted by Crippen LogP contribution is 2.62. The Labute approximate surface area is 166 Å². The maximum atomic E-state index is 6.65. The fourth-order valence-corrected chi connectivity index (χ4v) is 5.82. The molecule has 0 fully saturated rings. The van der Waals surface area contributed by atoms with Crippen LogP contribution in [-0.4, -0.2) is 5.16 Å². The Morgan fingerprint density at radius 3 is 2.22 bits per heavy atom. The molecule has 0 saturated carbocycles. The number of benzene rings is 2. The Morgan fingerprint density at radius 2 is 1.67 bits per heavy atom. The Hall–Kier alpha value is -1.96. The first-order valence-corrected chi connectivity index (χ1v) is 11.0. The third-order valence-electron chi connectivity index (χ3n) is 4.33. The molecule has 0 bridgehead atoms. The molecule has 3 rings (SSSR count). The second-order valence-corrected chi connectivity index (χ2v) is 11.3. The normalized spacial score (nSPS) is 13.9. The van der Waals surface area contributed by atoms with Crippen LogP contribution in [0.3, 0.4) is 0 Å². The van der Waals surface area contributed by atoms with E-state index >= 15 is 0 Å². The van der Waals surface area contributed by atoms with Crippen molar-refractivity contribution >= 4 is 30.1 Å². The van der Waals surface area contributed by atoms with Crippen molar-refractivity contribution < 1.29 is 8.94 Å². The zero-order chi connectivity index (χ0) is 19.7. The third kappa shape index (κ3) is 4.15. The van der Waals surface area contributed by atoms with Gasteiger partial charge in [0.2, 0.25) is 7.28 Å². The Kier molecular flexibility index (Phi) is 5.55. The van der Waals surface area contributed by atoms with Gasteiger partial charge in [-0.2, -0.15) is 0 Å². The van der Waals surface area contributed by atoms with E-state index in [1.54, 1.807) is 0 Å². The SMILES string of the molecule is Cc1ccc(P(=Nc2ccc(C)c(Cl)c2)(Oc2ccccc2)C(C)(C)C)o1. The molecule has 27 heavy (non-hydrogen) atoms. The topological polar surface area (TPSA) is 34.7 Å². The number of para-hydroxylation sites is 1. The summed E-state index contributed by atoms with van der Waals surface area (Å²) in [5.41, 5.74) is 2.58. The van der Waals surface area contributed by atoms with Crippen LogP contribution < -0.4 is 10.0 Å². The highest BCUT2D eigenvalue weighted by Gasteiger charge is 2.41. The fraction of sp³-hybridized carbons (Fsp3) is 0.273. The molecule has 1 aromatic heterocycles. The molecule has 0 amide bonds. The first kappa shape index (κ1) is 19.8. The quantitative estimate of drug-likeness (QED) is 0.424. The average Bonchev–Trinajstić information content (AvgIpc) is 3.04. The van der Waals surface area contributed by atoms with Gasteiger partial charge in [-0.15, -0.1) is 0 Å². The first-order valence-electron chi connectivity index (χ1n) is 8.91. The van der Waals surface area contributed by atoms with Gasteiger partial charge >= 0.3 is 0 Å². The van der Waals surface area contributed by atoms with Gasteiger partial charge in [-0.3, -0.25) is 0 Å². The molecule has 0 spiro atoms. The smallest absolute Gasteiger partial charge is 0.207 e. The van der Waals surface area contributed by atoms with Crippen LogP contribution in [0.5, 0.6) is 5.75 Å². The molecular weight excluding hydrogens is 377 g/mol. The minimum absolute atomic E-state index is 0.287. The second kappa shape index (κ2) is 7.58.